The molecule has 4 aromatic rings. The highest BCUT2D eigenvalue weighted by molar-refractivity contribution is 7.89. The molecule has 11 heteroatoms. The summed E-state index contributed by atoms with van der Waals surface area (Å²) in [5, 5.41) is 0.529. The fourth-order valence-electron chi connectivity index (χ4n) is 3.86. The van der Waals surface area contributed by atoms with Gasteiger partial charge in [0.05, 0.1) is 26.8 Å². The Bertz CT molecular complexity index is 1560. The zero-order valence-electron chi connectivity index (χ0n) is 19.8. The highest BCUT2D eigenvalue weighted by atomic mass is 32.2. The number of nitrogens with one attached hydrogen (secondary N) is 1. The van der Waals surface area contributed by atoms with E-state index in [-0.39, 0.29) is 23.5 Å². The first-order chi connectivity index (χ1) is 16.7. The number of carbonyl (C=O) groups excluding carboxylic acids is 1. The molecule has 0 aliphatic heterocycles. The molecule has 10 nitrogen and oxygen atoms in total. The van der Waals surface area contributed by atoms with Crippen LogP contribution in [0.15, 0.2) is 52.2 Å². The van der Waals surface area contributed by atoms with E-state index in [0.717, 1.165) is 9.82 Å². The number of aryl methyl sites for hydroxylation is 2. The van der Waals surface area contributed by atoms with Gasteiger partial charge in [-0.15, -0.1) is 0 Å². The van der Waals surface area contributed by atoms with Gasteiger partial charge in [0.2, 0.25) is 10.0 Å². The van der Waals surface area contributed by atoms with Crippen molar-refractivity contribution >= 4 is 37.9 Å². The number of ether oxygens (including phenoxy) is 1. The molecule has 35 heavy (non-hydrogen) atoms. The second-order valence-corrected chi connectivity index (χ2v) is 10.4. The molecule has 0 amide bonds. The van der Waals surface area contributed by atoms with Crippen LogP contribution < -0.4 is 5.56 Å². The Morgan fingerprint density at radius 3 is 2.63 bits per heavy atom. The van der Waals surface area contributed by atoms with Crippen LogP contribution in [-0.4, -0.2) is 52.3 Å². The number of H-pyrrole nitrogens is 1. The van der Waals surface area contributed by atoms with E-state index in [4.69, 9.17) is 4.74 Å². The number of fused-ring (bicyclic) bond motifs is 2. The number of carbonyl (C=O) groups is 1. The standard InChI is InChI=1S/C24H27N5O5S/c1-4-29-20-13-12-16(35(32,33)28(2)3)14-19(20)26-22(29)15-34-23(30)11-7-10-21-25-18-9-6-5-8-17(18)24(31)27-21/h5-6,8-9,12-14H,4,7,10-11,15H2,1-3H3,(H,25,27,31). The first kappa shape index (κ1) is 24.6. The number of nitrogens with zero attached hydrogens (tertiary/aromatic N) is 4. The average Bonchev–Trinajstić information content (AvgIpc) is 3.19. The molecule has 0 saturated carbocycles. The van der Waals surface area contributed by atoms with Crippen molar-refractivity contribution in [3.8, 4) is 0 Å². The highest BCUT2D eigenvalue weighted by Crippen LogP contribution is 2.22. The molecule has 184 valence electrons. The molecule has 0 unspecified atom stereocenters. The maximum atomic E-state index is 12.4. The maximum absolute atomic E-state index is 12.4. The highest BCUT2D eigenvalue weighted by Gasteiger charge is 2.20. The zero-order chi connectivity index (χ0) is 25.2. The van der Waals surface area contributed by atoms with Crippen LogP contribution in [-0.2, 0) is 39.1 Å². The summed E-state index contributed by atoms with van der Waals surface area (Å²) < 4.78 is 33.3. The van der Waals surface area contributed by atoms with Crippen LogP contribution in [0.3, 0.4) is 0 Å². The summed E-state index contributed by atoms with van der Waals surface area (Å²) >= 11 is 0. The van der Waals surface area contributed by atoms with Crippen LogP contribution in [0, 0.1) is 0 Å². The monoisotopic (exact) mass is 497 g/mol. The number of hydrogen-bond donors (Lipinski definition) is 1. The van der Waals surface area contributed by atoms with E-state index in [1.807, 2.05) is 17.6 Å². The smallest absolute Gasteiger partial charge is 0.306 e. The lowest BCUT2D eigenvalue weighted by Gasteiger charge is -2.11. The summed E-state index contributed by atoms with van der Waals surface area (Å²) in [6, 6.07) is 11.9. The van der Waals surface area contributed by atoms with Crippen LogP contribution in [0.25, 0.3) is 21.9 Å². The fraction of sp³-hybridized carbons (Fsp3) is 0.333. The van der Waals surface area contributed by atoms with Crippen LogP contribution in [0.5, 0.6) is 0 Å². The van der Waals surface area contributed by atoms with Gasteiger partial charge in [-0.3, -0.25) is 9.59 Å². The molecule has 0 radical (unpaired) electrons. The molecular formula is C24H27N5O5S. The van der Waals surface area contributed by atoms with Crippen molar-refractivity contribution in [3.63, 3.8) is 0 Å². The normalized spacial score (nSPS) is 12.0. The minimum Gasteiger partial charge on any atom is -0.458 e. The van der Waals surface area contributed by atoms with E-state index in [1.165, 1.54) is 20.2 Å². The fourth-order valence-corrected chi connectivity index (χ4v) is 4.79. The Labute approximate surface area is 202 Å². The Morgan fingerprint density at radius 1 is 1.11 bits per heavy atom. The van der Waals surface area contributed by atoms with E-state index < -0.39 is 16.0 Å². The molecule has 0 bridgehead atoms. The van der Waals surface area contributed by atoms with Crippen molar-refractivity contribution in [1.29, 1.82) is 0 Å². The van der Waals surface area contributed by atoms with Crippen LogP contribution >= 0.6 is 0 Å². The molecule has 4 rings (SSSR count). The third-order valence-electron chi connectivity index (χ3n) is 5.71. The molecule has 0 atom stereocenters. The first-order valence-electron chi connectivity index (χ1n) is 11.3. The van der Waals surface area contributed by atoms with Crippen molar-refractivity contribution < 1.29 is 17.9 Å². The predicted octanol–water partition coefficient (Wildman–Crippen LogP) is 2.61. The Kier molecular flexibility index (Phi) is 6.99. The van der Waals surface area contributed by atoms with Crippen molar-refractivity contribution in [2.45, 2.75) is 44.2 Å². The molecule has 2 aromatic heterocycles. The Hall–Kier alpha value is -3.57. The lowest BCUT2D eigenvalue weighted by atomic mass is 10.2. The lowest BCUT2D eigenvalue weighted by molar-refractivity contribution is -0.145. The molecular weight excluding hydrogens is 470 g/mol. The minimum atomic E-state index is -3.58. The number of imidazole rings is 1. The third kappa shape index (κ3) is 5.10. The number of aromatic nitrogens is 4. The number of esters is 1. The van der Waals surface area contributed by atoms with Gasteiger partial charge < -0.3 is 14.3 Å². The number of sulfonamides is 1. The van der Waals surface area contributed by atoms with Gasteiger partial charge in [-0.2, -0.15) is 0 Å². The zero-order valence-corrected chi connectivity index (χ0v) is 20.6. The summed E-state index contributed by atoms with van der Waals surface area (Å²) in [6.45, 7) is 2.50. The van der Waals surface area contributed by atoms with Gasteiger partial charge in [0, 0.05) is 33.5 Å². The third-order valence-corrected chi connectivity index (χ3v) is 7.52. The number of aromatic amines is 1. The van der Waals surface area contributed by atoms with Crippen molar-refractivity contribution in [1.82, 2.24) is 23.8 Å². The molecule has 0 spiro atoms. The molecule has 0 aliphatic rings. The van der Waals surface area contributed by atoms with Crippen molar-refractivity contribution in [3.05, 3.63) is 64.5 Å². The van der Waals surface area contributed by atoms with E-state index in [1.54, 1.807) is 30.3 Å². The summed E-state index contributed by atoms with van der Waals surface area (Å²) in [6.07, 6.45) is 1.07. The molecule has 2 heterocycles. The van der Waals surface area contributed by atoms with E-state index in [9.17, 15) is 18.0 Å². The SMILES string of the molecule is CCn1c(COC(=O)CCCc2nc3ccccc3c(=O)[nH]2)nc2cc(S(=O)(=O)N(C)C)ccc21. The second kappa shape index (κ2) is 9.96. The number of benzene rings is 2. The number of rotatable bonds is 9. The molecule has 0 aliphatic carbocycles. The Morgan fingerprint density at radius 2 is 1.89 bits per heavy atom. The van der Waals surface area contributed by atoms with Gasteiger partial charge in [0.15, 0.2) is 0 Å². The van der Waals surface area contributed by atoms with Crippen LogP contribution in [0.4, 0.5) is 0 Å². The molecule has 1 N–H and O–H groups in total. The first-order valence-corrected chi connectivity index (χ1v) is 12.7. The van der Waals surface area contributed by atoms with Gasteiger partial charge in [-0.05, 0) is 43.7 Å². The van der Waals surface area contributed by atoms with Gasteiger partial charge in [-0.25, -0.2) is 22.7 Å². The molecule has 0 saturated heterocycles. The summed E-state index contributed by atoms with van der Waals surface area (Å²) in [4.78, 5) is 36.4. The van der Waals surface area contributed by atoms with E-state index in [2.05, 4.69) is 15.0 Å². The van der Waals surface area contributed by atoms with E-state index >= 15 is 0 Å². The van der Waals surface area contributed by atoms with Gasteiger partial charge in [0.25, 0.3) is 5.56 Å². The quantitative estimate of drug-likeness (QED) is 0.352. The topological polar surface area (TPSA) is 127 Å². The van der Waals surface area contributed by atoms with Crippen LogP contribution in [0.1, 0.15) is 31.4 Å². The summed E-state index contributed by atoms with van der Waals surface area (Å²) in [5.74, 6) is 0.673. The maximum Gasteiger partial charge on any atom is 0.306 e. The van der Waals surface area contributed by atoms with E-state index in [0.29, 0.717) is 47.5 Å². The second-order valence-electron chi connectivity index (χ2n) is 8.25. The molecule has 2 aromatic carbocycles. The summed E-state index contributed by atoms with van der Waals surface area (Å²) in [5.41, 5.74) is 1.71. The average molecular weight is 498 g/mol. The van der Waals surface area contributed by atoms with Crippen molar-refractivity contribution in [2.75, 3.05) is 14.1 Å². The summed E-state index contributed by atoms with van der Waals surface area (Å²) in [7, 11) is -0.631. The number of para-hydroxylation sites is 1. The molecule has 0 fully saturated rings. The lowest BCUT2D eigenvalue weighted by Crippen LogP contribution is -2.22. The van der Waals surface area contributed by atoms with Gasteiger partial charge >= 0.3 is 5.97 Å². The van der Waals surface area contributed by atoms with Gasteiger partial charge in [0.1, 0.15) is 18.3 Å². The van der Waals surface area contributed by atoms with Crippen LogP contribution in [0.2, 0.25) is 0 Å². The largest absolute Gasteiger partial charge is 0.458 e. The predicted molar refractivity (Wildman–Crippen MR) is 131 cm³/mol. The van der Waals surface area contributed by atoms with Crippen molar-refractivity contribution in [2.24, 2.45) is 0 Å². The minimum absolute atomic E-state index is 0.0256. The number of hydrogen-bond acceptors (Lipinski definition) is 7. The van der Waals surface area contributed by atoms with Gasteiger partial charge in [-0.1, -0.05) is 12.1 Å². The Balaban J connectivity index is 1.39.